The third-order valence-electron chi connectivity index (χ3n) is 6.15. The maximum absolute atomic E-state index is 13.4. The molecule has 154 valence electrons. The Kier molecular flexibility index (Phi) is 4.67. The van der Waals surface area contributed by atoms with E-state index in [9.17, 15) is 8.42 Å². The molecule has 29 heavy (non-hydrogen) atoms. The maximum Gasteiger partial charge on any atom is 0.207 e. The first kappa shape index (κ1) is 18.8. The number of benzene rings is 2. The van der Waals surface area contributed by atoms with Gasteiger partial charge in [-0.15, -0.1) is 0 Å². The average Bonchev–Trinajstić information content (AvgIpc) is 3.08. The van der Waals surface area contributed by atoms with E-state index >= 15 is 0 Å². The molecule has 1 N–H and O–H groups in total. The fraction of sp³-hybridized carbons (Fsp3) is 0.455. The Morgan fingerprint density at radius 2 is 1.86 bits per heavy atom. The van der Waals surface area contributed by atoms with Crippen molar-refractivity contribution >= 4 is 9.84 Å². The number of nitrogens with one attached hydrogen (secondary N) is 1. The van der Waals surface area contributed by atoms with E-state index in [0.29, 0.717) is 23.2 Å². The van der Waals surface area contributed by atoms with Crippen molar-refractivity contribution in [3.8, 4) is 17.2 Å². The van der Waals surface area contributed by atoms with Crippen molar-refractivity contribution in [1.29, 1.82) is 0 Å². The maximum atomic E-state index is 13.4. The first-order valence-corrected chi connectivity index (χ1v) is 11.6. The van der Waals surface area contributed by atoms with Gasteiger partial charge in [-0.1, -0.05) is 6.07 Å². The van der Waals surface area contributed by atoms with Gasteiger partial charge in [-0.25, -0.2) is 8.42 Å². The average molecular weight is 416 g/mol. The van der Waals surface area contributed by atoms with Crippen LogP contribution < -0.4 is 19.5 Å². The zero-order chi connectivity index (χ0) is 20.0. The molecule has 2 aromatic carbocycles. The Hall–Kier alpha value is -2.25. The lowest BCUT2D eigenvalue weighted by molar-refractivity contribution is 0.119. The highest BCUT2D eigenvalue weighted by atomic mass is 32.2. The first-order valence-electron chi connectivity index (χ1n) is 10.2. The third kappa shape index (κ3) is 3.36. The van der Waals surface area contributed by atoms with E-state index in [4.69, 9.17) is 14.2 Å². The van der Waals surface area contributed by atoms with Gasteiger partial charge in [0, 0.05) is 24.1 Å². The predicted molar refractivity (Wildman–Crippen MR) is 108 cm³/mol. The van der Waals surface area contributed by atoms with Crippen LogP contribution in [0.2, 0.25) is 0 Å². The Morgan fingerprint density at radius 1 is 1.03 bits per heavy atom. The van der Waals surface area contributed by atoms with Gasteiger partial charge in [0.2, 0.25) is 9.84 Å². The summed E-state index contributed by atoms with van der Waals surface area (Å²) in [5, 5.41) is 3.33. The van der Waals surface area contributed by atoms with Crippen molar-refractivity contribution in [1.82, 2.24) is 5.32 Å². The standard InChI is InChI=1S/C22H25NO5S/c1-26-15-9-16(27-14-3-2-4-14)11-18(10-15)29(24,25)17-5-6-19-20-7-8-23-13-22(20)28-21(19)12-17/h5-6,9-12,14,20,22-23H,2-4,7-8,13H2,1H3. The number of sulfone groups is 1. The second-order valence-corrected chi connectivity index (χ2v) is 9.92. The molecule has 2 aromatic rings. The molecule has 2 atom stereocenters. The van der Waals surface area contributed by atoms with Crippen molar-refractivity contribution in [3.63, 3.8) is 0 Å². The fourth-order valence-electron chi connectivity index (χ4n) is 4.27. The van der Waals surface area contributed by atoms with E-state index in [-0.39, 0.29) is 22.0 Å². The van der Waals surface area contributed by atoms with E-state index in [1.54, 1.807) is 30.3 Å². The number of methoxy groups -OCH3 is 1. The summed E-state index contributed by atoms with van der Waals surface area (Å²) in [6, 6.07) is 10.1. The van der Waals surface area contributed by atoms with Crippen LogP contribution >= 0.6 is 0 Å². The molecule has 0 radical (unpaired) electrons. The summed E-state index contributed by atoms with van der Waals surface area (Å²) in [4.78, 5) is 0.397. The van der Waals surface area contributed by atoms with Gasteiger partial charge in [0.15, 0.2) is 0 Å². The molecule has 1 saturated heterocycles. The Morgan fingerprint density at radius 3 is 2.62 bits per heavy atom. The molecule has 2 unspecified atom stereocenters. The summed E-state index contributed by atoms with van der Waals surface area (Å²) < 4.78 is 44.0. The van der Waals surface area contributed by atoms with Gasteiger partial charge >= 0.3 is 0 Å². The van der Waals surface area contributed by atoms with Crippen molar-refractivity contribution in [3.05, 3.63) is 42.0 Å². The molecule has 0 aromatic heterocycles. The second-order valence-electron chi connectivity index (χ2n) is 7.97. The van der Waals surface area contributed by atoms with E-state index in [1.807, 2.05) is 6.07 Å². The van der Waals surface area contributed by atoms with E-state index in [2.05, 4.69) is 5.32 Å². The minimum atomic E-state index is -3.73. The minimum Gasteiger partial charge on any atom is -0.497 e. The van der Waals surface area contributed by atoms with Crippen LogP contribution in [0.4, 0.5) is 0 Å². The topological polar surface area (TPSA) is 73.9 Å². The third-order valence-corrected chi connectivity index (χ3v) is 7.88. The molecule has 1 aliphatic carbocycles. The number of piperidine rings is 1. The van der Waals surface area contributed by atoms with Crippen LogP contribution in [0.15, 0.2) is 46.2 Å². The Labute approximate surface area is 171 Å². The first-order chi connectivity index (χ1) is 14.0. The van der Waals surface area contributed by atoms with Gasteiger partial charge in [-0.3, -0.25) is 0 Å². The molecule has 2 heterocycles. The summed E-state index contributed by atoms with van der Waals surface area (Å²) in [6.07, 6.45) is 4.38. The van der Waals surface area contributed by atoms with E-state index < -0.39 is 9.84 Å². The quantitative estimate of drug-likeness (QED) is 0.808. The summed E-state index contributed by atoms with van der Waals surface area (Å²) in [5.41, 5.74) is 1.11. The van der Waals surface area contributed by atoms with Crippen molar-refractivity contribution in [2.45, 2.75) is 53.6 Å². The molecule has 7 heteroatoms. The van der Waals surface area contributed by atoms with Gasteiger partial charge in [0.05, 0.1) is 23.0 Å². The van der Waals surface area contributed by atoms with E-state index in [0.717, 1.165) is 44.3 Å². The molecular weight excluding hydrogens is 390 g/mol. The number of fused-ring (bicyclic) bond motifs is 3. The predicted octanol–water partition coefficient (Wildman–Crippen LogP) is 3.30. The highest BCUT2D eigenvalue weighted by Crippen LogP contribution is 2.43. The van der Waals surface area contributed by atoms with Gasteiger partial charge in [0.1, 0.15) is 23.4 Å². The molecule has 2 fully saturated rings. The smallest absolute Gasteiger partial charge is 0.207 e. The van der Waals surface area contributed by atoms with Gasteiger partial charge in [0.25, 0.3) is 0 Å². The van der Waals surface area contributed by atoms with Crippen LogP contribution in [0, 0.1) is 0 Å². The highest BCUT2D eigenvalue weighted by Gasteiger charge is 2.37. The zero-order valence-corrected chi connectivity index (χ0v) is 17.2. The fourth-order valence-corrected chi connectivity index (χ4v) is 5.59. The number of rotatable bonds is 5. The summed E-state index contributed by atoms with van der Waals surface area (Å²) in [6.45, 7) is 1.75. The number of ether oxygens (including phenoxy) is 3. The summed E-state index contributed by atoms with van der Waals surface area (Å²) >= 11 is 0. The van der Waals surface area contributed by atoms with Crippen LogP contribution in [-0.2, 0) is 9.84 Å². The lowest BCUT2D eigenvalue weighted by Crippen LogP contribution is -2.39. The van der Waals surface area contributed by atoms with Crippen molar-refractivity contribution < 1.29 is 22.6 Å². The van der Waals surface area contributed by atoms with Gasteiger partial charge < -0.3 is 19.5 Å². The highest BCUT2D eigenvalue weighted by molar-refractivity contribution is 7.91. The molecule has 5 rings (SSSR count). The zero-order valence-electron chi connectivity index (χ0n) is 16.4. The number of hydrogen-bond donors (Lipinski definition) is 1. The van der Waals surface area contributed by atoms with E-state index in [1.165, 1.54) is 7.11 Å². The van der Waals surface area contributed by atoms with Crippen molar-refractivity contribution in [2.75, 3.05) is 20.2 Å². The molecule has 0 amide bonds. The largest absolute Gasteiger partial charge is 0.497 e. The van der Waals surface area contributed by atoms with Gasteiger partial charge in [-0.2, -0.15) is 0 Å². The second kappa shape index (κ2) is 7.22. The summed E-state index contributed by atoms with van der Waals surface area (Å²) in [7, 11) is -2.20. The summed E-state index contributed by atoms with van der Waals surface area (Å²) in [5.74, 6) is 2.01. The number of hydrogen-bond acceptors (Lipinski definition) is 6. The Balaban J connectivity index is 1.49. The lowest BCUT2D eigenvalue weighted by Gasteiger charge is -2.26. The van der Waals surface area contributed by atoms with Crippen molar-refractivity contribution in [2.24, 2.45) is 0 Å². The molecule has 6 nitrogen and oxygen atoms in total. The van der Waals surface area contributed by atoms with Crippen LogP contribution in [-0.4, -0.2) is 40.8 Å². The lowest BCUT2D eigenvalue weighted by atomic mass is 9.90. The minimum absolute atomic E-state index is 0.0796. The molecule has 1 saturated carbocycles. The SMILES string of the molecule is COc1cc(OC2CCC2)cc(S(=O)(=O)c2ccc3c(c2)OC2CNCCC32)c1. The van der Waals surface area contributed by atoms with Crippen LogP contribution in [0.5, 0.6) is 17.2 Å². The van der Waals surface area contributed by atoms with Crippen LogP contribution in [0.25, 0.3) is 0 Å². The van der Waals surface area contributed by atoms with Gasteiger partial charge in [-0.05, 0) is 56.5 Å². The molecule has 0 bridgehead atoms. The van der Waals surface area contributed by atoms with Crippen LogP contribution in [0.1, 0.15) is 37.2 Å². The monoisotopic (exact) mass is 415 g/mol. The normalized spacial score (nSPS) is 23.5. The molecule has 0 spiro atoms. The molecule has 3 aliphatic rings. The molecule has 2 aliphatic heterocycles. The Bertz CT molecular complexity index is 1030. The van der Waals surface area contributed by atoms with Crippen LogP contribution in [0.3, 0.4) is 0 Å². The molecular formula is C22H25NO5S.